The van der Waals surface area contributed by atoms with Gasteiger partial charge in [0.25, 0.3) is 0 Å². The second kappa shape index (κ2) is 8.93. The summed E-state index contributed by atoms with van der Waals surface area (Å²) in [6, 6.07) is 0. The Morgan fingerprint density at radius 2 is 1.84 bits per heavy atom. The maximum absolute atomic E-state index is 11.4. The van der Waals surface area contributed by atoms with Crippen molar-refractivity contribution in [2.24, 2.45) is 5.92 Å². The second-order valence-corrected chi connectivity index (χ2v) is 10.8. The van der Waals surface area contributed by atoms with E-state index in [9.17, 15) is 8.42 Å². The minimum Gasteiger partial charge on any atom is -0.303 e. The van der Waals surface area contributed by atoms with Gasteiger partial charge in [-0.3, -0.25) is 4.90 Å². The zero-order chi connectivity index (χ0) is 17.7. The molecule has 3 rings (SSSR count). The van der Waals surface area contributed by atoms with E-state index in [4.69, 9.17) is 0 Å². The summed E-state index contributed by atoms with van der Waals surface area (Å²) in [6.07, 6.45) is 9.38. The van der Waals surface area contributed by atoms with Crippen LogP contribution in [0.4, 0.5) is 0 Å². The van der Waals surface area contributed by atoms with Gasteiger partial charge in [-0.05, 0) is 51.2 Å². The Balaban J connectivity index is 1.49. The molecule has 1 unspecified atom stereocenters. The number of piperidine rings is 1. The Kier molecular flexibility index (Phi) is 6.88. The fourth-order valence-corrected chi connectivity index (χ4v) is 6.07. The SMILES string of the molecule is CS(=O)(=O)Cc1nc(CN2CCCC(CN3CCCCCC3)C2)cs1. The fourth-order valence-electron chi connectivity index (χ4n) is 4.07. The molecule has 0 spiro atoms. The highest BCUT2D eigenvalue weighted by atomic mass is 32.2. The lowest BCUT2D eigenvalue weighted by Crippen LogP contribution is -2.41. The van der Waals surface area contributed by atoms with Crippen molar-refractivity contribution in [3.8, 4) is 0 Å². The van der Waals surface area contributed by atoms with Crippen LogP contribution in [-0.4, -0.2) is 62.2 Å². The van der Waals surface area contributed by atoms with E-state index in [-0.39, 0.29) is 5.75 Å². The summed E-state index contributed by atoms with van der Waals surface area (Å²) in [4.78, 5) is 9.71. The smallest absolute Gasteiger partial charge is 0.153 e. The highest BCUT2D eigenvalue weighted by molar-refractivity contribution is 7.90. The number of likely N-dealkylation sites (tertiary alicyclic amines) is 2. The van der Waals surface area contributed by atoms with Crippen molar-refractivity contribution in [3.63, 3.8) is 0 Å². The fraction of sp³-hybridized carbons (Fsp3) is 0.833. The maximum Gasteiger partial charge on any atom is 0.153 e. The van der Waals surface area contributed by atoms with E-state index in [0.29, 0.717) is 0 Å². The molecule has 142 valence electrons. The monoisotopic (exact) mass is 385 g/mol. The third-order valence-corrected chi connectivity index (χ3v) is 7.07. The molecule has 0 aliphatic carbocycles. The van der Waals surface area contributed by atoms with Crippen LogP contribution in [0.5, 0.6) is 0 Å². The van der Waals surface area contributed by atoms with Crippen LogP contribution in [0, 0.1) is 5.92 Å². The lowest BCUT2D eigenvalue weighted by Gasteiger charge is -2.35. The molecule has 2 aliphatic heterocycles. The Bertz CT molecular complexity index is 637. The van der Waals surface area contributed by atoms with Gasteiger partial charge in [0.1, 0.15) is 10.8 Å². The van der Waals surface area contributed by atoms with Crippen LogP contribution in [0.25, 0.3) is 0 Å². The molecule has 5 nitrogen and oxygen atoms in total. The Hall–Kier alpha value is -0.500. The lowest BCUT2D eigenvalue weighted by molar-refractivity contribution is 0.128. The highest BCUT2D eigenvalue weighted by Gasteiger charge is 2.23. The third-order valence-electron chi connectivity index (χ3n) is 5.19. The molecule has 0 amide bonds. The standard InChI is InChI=1S/C18H31N3O2S2/c1-25(22,23)15-18-19-17(14-24-18)13-21-10-6-7-16(12-21)11-20-8-4-2-3-5-9-20/h14,16H,2-13,15H2,1H3. The van der Waals surface area contributed by atoms with Gasteiger partial charge in [0, 0.05) is 31.3 Å². The van der Waals surface area contributed by atoms with E-state index in [1.165, 1.54) is 75.8 Å². The summed E-state index contributed by atoms with van der Waals surface area (Å²) in [7, 11) is -3.00. The summed E-state index contributed by atoms with van der Waals surface area (Å²) in [5.41, 5.74) is 1.03. The molecule has 2 aliphatic rings. The number of rotatable bonds is 6. The first-order valence-electron chi connectivity index (χ1n) is 9.54. The van der Waals surface area contributed by atoms with Gasteiger partial charge in [-0.1, -0.05) is 12.8 Å². The normalized spacial score (nSPS) is 24.3. The molecule has 1 aromatic rings. The summed E-state index contributed by atoms with van der Waals surface area (Å²) >= 11 is 1.47. The first-order chi connectivity index (χ1) is 12.0. The minimum atomic E-state index is -3.00. The molecule has 2 fully saturated rings. The van der Waals surface area contributed by atoms with E-state index >= 15 is 0 Å². The van der Waals surface area contributed by atoms with Crippen LogP contribution in [-0.2, 0) is 22.1 Å². The summed E-state index contributed by atoms with van der Waals surface area (Å²) < 4.78 is 22.8. The van der Waals surface area contributed by atoms with Gasteiger partial charge in [-0.2, -0.15) is 0 Å². The number of hydrogen-bond donors (Lipinski definition) is 0. The zero-order valence-electron chi connectivity index (χ0n) is 15.3. The van der Waals surface area contributed by atoms with Crippen molar-refractivity contribution < 1.29 is 8.42 Å². The predicted molar refractivity (Wildman–Crippen MR) is 104 cm³/mol. The zero-order valence-corrected chi connectivity index (χ0v) is 17.0. The van der Waals surface area contributed by atoms with Crippen LogP contribution in [0.3, 0.4) is 0 Å². The topological polar surface area (TPSA) is 53.5 Å². The summed E-state index contributed by atoms with van der Waals surface area (Å²) in [5.74, 6) is 0.830. The van der Waals surface area contributed by atoms with E-state index in [1.807, 2.05) is 5.38 Å². The Morgan fingerprint density at radius 3 is 2.56 bits per heavy atom. The molecule has 25 heavy (non-hydrogen) atoms. The molecule has 3 heterocycles. The molecule has 0 saturated carbocycles. The quantitative estimate of drug-likeness (QED) is 0.754. The van der Waals surface area contributed by atoms with E-state index in [1.54, 1.807) is 0 Å². The first-order valence-corrected chi connectivity index (χ1v) is 12.5. The molecule has 0 radical (unpaired) electrons. The Labute approximate surface area is 156 Å². The summed E-state index contributed by atoms with van der Waals surface area (Å²) in [6.45, 7) is 6.93. The van der Waals surface area contributed by atoms with Gasteiger partial charge >= 0.3 is 0 Å². The first kappa shape index (κ1) is 19.3. The maximum atomic E-state index is 11.4. The number of aromatic nitrogens is 1. The van der Waals surface area contributed by atoms with E-state index < -0.39 is 9.84 Å². The number of nitrogens with zero attached hydrogens (tertiary/aromatic N) is 3. The Morgan fingerprint density at radius 1 is 1.12 bits per heavy atom. The van der Waals surface area contributed by atoms with Crippen LogP contribution < -0.4 is 0 Å². The van der Waals surface area contributed by atoms with Crippen molar-refractivity contribution in [2.75, 3.05) is 39.0 Å². The van der Waals surface area contributed by atoms with Crippen molar-refractivity contribution in [2.45, 2.75) is 50.8 Å². The average molecular weight is 386 g/mol. The summed E-state index contributed by atoms with van der Waals surface area (Å²) in [5, 5.41) is 2.74. The number of hydrogen-bond acceptors (Lipinski definition) is 6. The lowest BCUT2D eigenvalue weighted by atomic mass is 9.97. The molecule has 0 N–H and O–H groups in total. The molecule has 0 bridgehead atoms. The minimum absolute atomic E-state index is 0.0647. The molecule has 1 atom stereocenters. The number of sulfone groups is 1. The van der Waals surface area contributed by atoms with Crippen molar-refractivity contribution in [1.82, 2.24) is 14.8 Å². The third kappa shape index (κ3) is 6.62. The van der Waals surface area contributed by atoms with Gasteiger partial charge in [0.05, 0.1) is 5.69 Å². The van der Waals surface area contributed by atoms with Crippen LogP contribution in [0.2, 0.25) is 0 Å². The largest absolute Gasteiger partial charge is 0.303 e. The molecule has 0 aromatic carbocycles. The molecule has 1 aromatic heterocycles. The van der Waals surface area contributed by atoms with E-state index in [0.717, 1.165) is 36.3 Å². The molecule has 2 saturated heterocycles. The van der Waals surface area contributed by atoms with Crippen molar-refractivity contribution in [1.29, 1.82) is 0 Å². The van der Waals surface area contributed by atoms with Crippen molar-refractivity contribution >= 4 is 21.2 Å². The highest BCUT2D eigenvalue weighted by Crippen LogP contribution is 2.22. The van der Waals surface area contributed by atoms with E-state index in [2.05, 4.69) is 14.8 Å². The second-order valence-electron chi connectivity index (χ2n) is 7.76. The van der Waals surface area contributed by atoms with Crippen molar-refractivity contribution in [3.05, 3.63) is 16.1 Å². The van der Waals surface area contributed by atoms with Gasteiger partial charge in [0.2, 0.25) is 0 Å². The van der Waals surface area contributed by atoms with Crippen LogP contribution in [0.15, 0.2) is 5.38 Å². The van der Waals surface area contributed by atoms with Gasteiger partial charge in [-0.15, -0.1) is 11.3 Å². The molecular formula is C18H31N3O2S2. The average Bonchev–Trinajstić information content (AvgIpc) is 2.80. The molecule has 7 heteroatoms. The van der Waals surface area contributed by atoms with Crippen LogP contribution >= 0.6 is 11.3 Å². The molecular weight excluding hydrogens is 354 g/mol. The number of thiazole rings is 1. The van der Waals surface area contributed by atoms with Gasteiger partial charge < -0.3 is 4.90 Å². The van der Waals surface area contributed by atoms with Gasteiger partial charge in [0.15, 0.2) is 9.84 Å². The predicted octanol–water partition coefficient (Wildman–Crippen LogP) is 2.78. The van der Waals surface area contributed by atoms with Gasteiger partial charge in [-0.25, -0.2) is 13.4 Å². The van der Waals surface area contributed by atoms with Crippen LogP contribution in [0.1, 0.15) is 49.2 Å².